The van der Waals surface area contributed by atoms with Crippen LogP contribution in [0.4, 0.5) is 0 Å². The van der Waals surface area contributed by atoms with Gasteiger partial charge in [-0.05, 0) is 43.7 Å². The van der Waals surface area contributed by atoms with Crippen molar-refractivity contribution < 1.29 is 19.2 Å². The van der Waals surface area contributed by atoms with Gasteiger partial charge in [0.2, 0.25) is 5.60 Å². The first kappa shape index (κ1) is 21.1. The Balaban J connectivity index is 1.43. The fourth-order valence-corrected chi connectivity index (χ4v) is 4.39. The summed E-state index contributed by atoms with van der Waals surface area (Å²) in [6, 6.07) is 17.9. The number of methoxy groups -OCH3 is 1. The van der Waals surface area contributed by atoms with E-state index in [1.807, 2.05) is 35.2 Å². The fourth-order valence-electron chi connectivity index (χ4n) is 4.39. The summed E-state index contributed by atoms with van der Waals surface area (Å²) < 4.78 is 4.83. The van der Waals surface area contributed by atoms with Crippen molar-refractivity contribution in [3.8, 4) is 0 Å². The molecule has 162 valence electrons. The summed E-state index contributed by atoms with van der Waals surface area (Å²) in [6.07, 6.45) is 3.31. The molecule has 1 amide bonds. The van der Waals surface area contributed by atoms with E-state index in [2.05, 4.69) is 29.4 Å². The van der Waals surface area contributed by atoms with Gasteiger partial charge in [-0.3, -0.25) is 4.79 Å². The van der Waals surface area contributed by atoms with Gasteiger partial charge >= 0.3 is 5.97 Å². The zero-order valence-electron chi connectivity index (χ0n) is 18.0. The summed E-state index contributed by atoms with van der Waals surface area (Å²) in [5.74, 6) is 0.119. The second-order valence-corrected chi connectivity index (χ2v) is 8.50. The van der Waals surface area contributed by atoms with Crippen molar-refractivity contribution in [3.05, 3.63) is 71.3 Å². The van der Waals surface area contributed by atoms with Crippen LogP contribution in [-0.2, 0) is 20.8 Å². The number of nitrogens with zero attached hydrogens (tertiary/aromatic N) is 2. The molecule has 0 saturated carbocycles. The highest BCUT2D eigenvalue weighted by atomic mass is 16.7. The molecule has 2 aliphatic rings. The average Bonchev–Trinajstić information content (AvgIpc) is 3.22. The van der Waals surface area contributed by atoms with Crippen molar-refractivity contribution in [1.29, 1.82) is 0 Å². The van der Waals surface area contributed by atoms with Gasteiger partial charge in [0.25, 0.3) is 5.91 Å². The SMILES string of the molecule is COC(=O)C1(C)CC(c2ccccc2C(=O)N2CCC(Cc3ccccc3)CC2)=NO1. The van der Waals surface area contributed by atoms with E-state index in [0.717, 1.165) is 32.4 Å². The molecule has 1 unspecified atom stereocenters. The molecule has 6 heteroatoms. The molecule has 1 atom stereocenters. The molecule has 0 spiro atoms. The topological polar surface area (TPSA) is 68.2 Å². The fraction of sp³-hybridized carbons (Fsp3) is 0.400. The zero-order chi connectivity index (χ0) is 21.8. The smallest absolute Gasteiger partial charge is 0.353 e. The molecule has 2 aromatic carbocycles. The molecule has 0 bridgehead atoms. The Morgan fingerprint density at radius 2 is 1.77 bits per heavy atom. The van der Waals surface area contributed by atoms with E-state index in [-0.39, 0.29) is 12.3 Å². The van der Waals surface area contributed by atoms with Gasteiger partial charge in [0.05, 0.1) is 12.8 Å². The van der Waals surface area contributed by atoms with Crippen LogP contribution in [0.1, 0.15) is 47.7 Å². The van der Waals surface area contributed by atoms with Gasteiger partial charge in [0, 0.05) is 30.6 Å². The van der Waals surface area contributed by atoms with Crippen LogP contribution in [0.5, 0.6) is 0 Å². The molecule has 2 aromatic rings. The molecule has 0 radical (unpaired) electrons. The first-order valence-corrected chi connectivity index (χ1v) is 10.8. The number of hydrogen-bond acceptors (Lipinski definition) is 5. The standard InChI is InChI=1S/C25H28N2O4/c1-25(24(29)30-2)17-22(26-31-25)20-10-6-7-11-21(20)23(28)27-14-12-19(13-15-27)16-18-8-4-3-5-9-18/h3-11,19H,12-17H2,1-2H3. The average molecular weight is 421 g/mol. The zero-order valence-corrected chi connectivity index (χ0v) is 18.0. The van der Waals surface area contributed by atoms with Gasteiger partial charge in [-0.1, -0.05) is 53.7 Å². The number of oxime groups is 1. The van der Waals surface area contributed by atoms with Crippen molar-refractivity contribution in [1.82, 2.24) is 4.90 Å². The Morgan fingerprint density at radius 3 is 2.48 bits per heavy atom. The molecule has 0 aliphatic carbocycles. The lowest BCUT2D eigenvalue weighted by molar-refractivity contribution is -0.164. The predicted molar refractivity (Wildman–Crippen MR) is 118 cm³/mol. The lowest BCUT2D eigenvalue weighted by Crippen LogP contribution is -2.39. The van der Waals surface area contributed by atoms with Crippen LogP contribution in [0, 0.1) is 5.92 Å². The summed E-state index contributed by atoms with van der Waals surface area (Å²) in [4.78, 5) is 32.7. The molecule has 0 aromatic heterocycles. The summed E-state index contributed by atoms with van der Waals surface area (Å²) >= 11 is 0. The second kappa shape index (κ2) is 8.92. The number of benzene rings is 2. The van der Waals surface area contributed by atoms with Crippen molar-refractivity contribution in [3.63, 3.8) is 0 Å². The maximum atomic E-state index is 13.3. The normalized spacial score (nSPS) is 21.4. The van der Waals surface area contributed by atoms with Gasteiger partial charge in [-0.15, -0.1) is 0 Å². The number of carbonyl (C=O) groups is 2. The quantitative estimate of drug-likeness (QED) is 0.690. The van der Waals surface area contributed by atoms with Crippen LogP contribution >= 0.6 is 0 Å². The minimum Gasteiger partial charge on any atom is -0.466 e. The van der Waals surface area contributed by atoms with Crippen LogP contribution in [0.25, 0.3) is 0 Å². The monoisotopic (exact) mass is 420 g/mol. The summed E-state index contributed by atoms with van der Waals surface area (Å²) in [5.41, 5.74) is 2.10. The first-order valence-electron chi connectivity index (χ1n) is 10.8. The number of amides is 1. The van der Waals surface area contributed by atoms with E-state index < -0.39 is 11.6 Å². The molecule has 4 rings (SSSR count). The van der Waals surface area contributed by atoms with Crippen LogP contribution in [0.2, 0.25) is 0 Å². The molecule has 0 N–H and O–H groups in total. The van der Waals surface area contributed by atoms with Crippen molar-refractivity contribution in [2.75, 3.05) is 20.2 Å². The van der Waals surface area contributed by atoms with Gasteiger partial charge < -0.3 is 14.5 Å². The molecule has 1 fully saturated rings. The Labute approximate surface area is 182 Å². The highest BCUT2D eigenvalue weighted by molar-refractivity contribution is 6.12. The van der Waals surface area contributed by atoms with E-state index in [1.54, 1.807) is 6.92 Å². The molecule has 31 heavy (non-hydrogen) atoms. The summed E-state index contributed by atoms with van der Waals surface area (Å²) in [7, 11) is 1.33. The molecular weight excluding hydrogens is 392 g/mol. The minimum absolute atomic E-state index is 0.00290. The van der Waals surface area contributed by atoms with E-state index >= 15 is 0 Å². The minimum atomic E-state index is -1.16. The molecule has 6 nitrogen and oxygen atoms in total. The Kier molecular flexibility index (Phi) is 6.07. The third-order valence-corrected chi connectivity index (χ3v) is 6.22. The first-order chi connectivity index (χ1) is 15.0. The van der Waals surface area contributed by atoms with Crippen LogP contribution < -0.4 is 0 Å². The third kappa shape index (κ3) is 4.48. The highest BCUT2D eigenvalue weighted by Gasteiger charge is 2.44. The summed E-state index contributed by atoms with van der Waals surface area (Å²) in [5, 5.41) is 4.12. The second-order valence-electron chi connectivity index (χ2n) is 8.50. The number of likely N-dealkylation sites (tertiary alicyclic amines) is 1. The van der Waals surface area contributed by atoms with Crippen molar-refractivity contribution in [2.45, 2.75) is 38.2 Å². The number of rotatable bonds is 5. The third-order valence-electron chi connectivity index (χ3n) is 6.22. The molecule has 1 saturated heterocycles. The number of esters is 1. The van der Waals surface area contributed by atoms with E-state index in [1.165, 1.54) is 12.7 Å². The number of carbonyl (C=O) groups excluding carboxylic acids is 2. The Bertz CT molecular complexity index is 980. The van der Waals surface area contributed by atoms with E-state index in [4.69, 9.17) is 9.57 Å². The van der Waals surface area contributed by atoms with E-state index in [9.17, 15) is 9.59 Å². The summed E-state index contributed by atoms with van der Waals surface area (Å²) in [6.45, 7) is 3.14. The lowest BCUT2D eigenvalue weighted by Gasteiger charge is -2.32. The highest BCUT2D eigenvalue weighted by Crippen LogP contribution is 2.30. The Morgan fingerprint density at radius 1 is 1.10 bits per heavy atom. The van der Waals surface area contributed by atoms with Gasteiger partial charge in [-0.2, -0.15) is 0 Å². The van der Waals surface area contributed by atoms with Crippen molar-refractivity contribution >= 4 is 17.6 Å². The van der Waals surface area contributed by atoms with Crippen LogP contribution in [-0.4, -0.2) is 48.3 Å². The number of ether oxygens (including phenoxy) is 1. The predicted octanol–water partition coefficient (Wildman–Crippen LogP) is 3.84. The van der Waals surface area contributed by atoms with Crippen LogP contribution in [0.15, 0.2) is 59.8 Å². The molecule has 2 aliphatic heterocycles. The van der Waals surface area contributed by atoms with Gasteiger partial charge in [0.15, 0.2) is 0 Å². The van der Waals surface area contributed by atoms with E-state index in [0.29, 0.717) is 22.8 Å². The lowest BCUT2D eigenvalue weighted by atomic mass is 9.89. The maximum Gasteiger partial charge on any atom is 0.353 e. The maximum absolute atomic E-state index is 13.3. The van der Waals surface area contributed by atoms with Crippen LogP contribution in [0.3, 0.4) is 0 Å². The van der Waals surface area contributed by atoms with Crippen molar-refractivity contribution in [2.24, 2.45) is 11.1 Å². The van der Waals surface area contributed by atoms with Gasteiger partial charge in [-0.25, -0.2) is 4.79 Å². The number of hydrogen-bond donors (Lipinski definition) is 0. The number of piperidine rings is 1. The molecular formula is C25H28N2O4. The molecule has 2 heterocycles. The Hall–Kier alpha value is -3.15. The van der Waals surface area contributed by atoms with Gasteiger partial charge in [0.1, 0.15) is 0 Å². The largest absolute Gasteiger partial charge is 0.466 e.